The molecule has 1 atom stereocenters. The lowest BCUT2D eigenvalue weighted by molar-refractivity contribution is -0.128. The highest BCUT2D eigenvalue weighted by molar-refractivity contribution is 5.97. The number of hydrogen-bond donors (Lipinski definition) is 1. The number of pyridine rings is 1. The third kappa shape index (κ3) is 3.46. The van der Waals surface area contributed by atoms with Crippen LogP contribution in [0.25, 0.3) is 0 Å². The number of nitrogens with zero attached hydrogens (tertiary/aromatic N) is 2. The van der Waals surface area contributed by atoms with Crippen LogP contribution < -0.4 is 14.8 Å². The van der Waals surface area contributed by atoms with Gasteiger partial charge in [-0.05, 0) is 23.8 Å². The summed E-state index contributed by atoms with van der Waals surface area (Å²) in [5, 5.41) is 2.87. The molecule has 0 bridgehead atoms. The summed E-state index contributed by atoms with van der Waals surface area (Å²) in [6.45, 7) is 1.89. The zero-order valence-electron chi connectivity index (χ0n) is 14.2. The Labute approximate surface area is 150 Å². The molecule has 1 fully saturated rings. The van der Waals surface area contributed by atoms with Gasteiger partial charge >= 0.3 is 0 Å². The van der Waals surface area contributed by atoms with E-state index < -0.39 is 0 Å². The van der Waals surface area contributed by atoms with Gasteiger partial charge in [0.05, 0.1) is 5.92 Å². The van der Waals surface area contributed by atoms with Crippen LogP contribution in [-0.2, 0) is 16.1 Å². The van der Waals surface area contributed by atoms with Gasteiger partial charge < -0.3 is 19.7 Å². The highest BCUT2D eigenvalue weighted by atomic mass is 16.6. The van der Waals surface area contributed by atoms with Gasteiger partial charge in [0, 0.05) is 43.7 Å². The summed E-state index contributed by atoms with van der Waals surface area (Å²) in [6.07, 6.45) is 3.64. The van der Waals surface area contributed by atoms with E-state index in [0.29, 0.717) is 43.5 Å². The first-order valence-corrected chi connectivity index (χ1v) is 8.56. The maximum atomic E-state index is 12.6. The zero-order valence-corrected chi connectivity index (χ0v) is 14.2. The third-order valence-corrected chi connectivity index (χ3v) is 4.49. The Morgan fingerprint density at radius 3 is 2.88 bits per heavy atom. The molecule has 3 heterocycles. The van der Waals surface area contributed by atoms with Crippen molar-refractivity contribution >= 4 is 17.5 Å². The fraction of sp³-hybridized carbons (Fsp3) is 0.316. The number of carbonyl (C=O) groups excluding carboxylic acids is 2. The van der Waals surface area contributed by atoms with Crippen LogP contribution >= 0.6 is 0 Å². The molecule has 0 spiro atoms. The summed E-state index contributed by atoms with van der Waals surface area (Å²) in [5.74, 6) is 0.745. The van der Waals surface area contributed by atoms with E-state index in [1.54, 1.807) is 35.5 Å². The molecule has 1 saturated heterocycles. The quantitative estimate of drug-likeness (QED) is 0.907. The second-order valence-electron chi connectivity index (χ2n) is 6.38. The molecule has 7 nitrogen and oxygen atoms in total. The lowest BCUT2D eigenvalue weighted by atomic mass is 10.1. The first-order chi connectivity index (χ1) is 12.7. The number of benzene rings is 1. The second kappa shape index (κ2) is 7.03. The number of aromatic nitrogens is 1. The molecule has 2 aromatic rings. The molecule has 134 valence electrons. The Hall–Kier alpha value is -3.09. The van der Waals surface area contributed by atoms with Crippen LogP contribution in [0.1, 0.15) is 12.0 Å². The van der Waals surface area contributed by atoms with Crippen LogP contribution in [0.3, 0.4) is 0 Å². The fourth-order valence-electron chi connectivity index (χ4n) is 3.18. The second-order valence-corrected chi connectivity index (χ2v) is 6.38. The Balaban J connectivity index is 1.39. The van der Waals surface area contributed by atoms with Crippen molar-refractivity contribution in [3.8, 4) is 11.5 Å². The van der Waals surface area contributed by atoms with E-state index in [1.807, 2.05) is 12.1 Å². The van der Waals surface area contributed by atoms with E-state index in [9.17, 15) is 9.59 Å². The minimum atomic E-state index is -0.368. The number of hydrogen-bond acceptors (Lipinski definition) is 5. The topological polar surface area (TPSA) is 80.8 Å². The van der Waals surface area contributed by atoms with Gasteiger partial charge in [-0.2, -0.15) is 0 Å². The largest absolute Gasteiger partial charge is 0.486 e. The SMILES string of the molecule is O=C(Nc1ccc2c(c1)OCCO2)C1CC(=O)N(Cc2cccnc2)C1. The molecule has 1 N–H and O–H groups in total. The normalized spacial score (nSPS) is 18.7. The molecule has 0 saturated carbocycles. The average molecular weight is 353 g/mol. The van der Waals surface area contributed by atoms with Crippen LogP contribution in [0.15, 0.2) is 42.7 Å². The van der Waals surface area contributed by atoms with Gasteiger partial charge in [0.1, 0.15) is 13.2 Å². The maximum Gasteiger partial charge on any atom is 0.229 e. The number of carbonyl (C=O) groups is 2. The molecule has 1 aromatic carbocycles. The van der Waals surface area contributed by atoms with Crippen LogP contribution in [0, 0.1) is 5.92 Å². The third-order valence-electron chi connectivity index (χ3n) is 4.49. The Kier molecular flexibility index (Phi) is 4.43. The van der Waals surface area contributed by atoms with Crippen LogP contribution in [0.5, 0.6) is 11.5 Å². The van der Waals surface area contributed by atoms with Gasteiger partial charge in [-0.3, -0.25) is 14.6 Å². The Morgan fingerprint density at radius 1 is 1.23 bits per heavy atom. The van der Waals surface area contributed by atoms with Crippen molar-refractivity contribution < 1.29 is 19.1 Å². The molecule has 4 rings (SSSR count). The lowest BCUT2D eigenvalue weighted by Gasteiger charge is -2.19. The predicted octanol–water partition coefficient (Wildman–Crippen LogP) is 1.84. The van der Waals surface area contributed by atoms with Crippen molar-refractivity contribution in [3.05, 3.63) is 48.3 Å². The highest BCUT2D eigenvalue weighted by Crippen LogP contribution is 2.33. The first-order valence-electron chi connectivity index (χ1n) is 8.56. The minimum absolute atomic E-state index is 0.0174. The molecule has 0 radical (unpaired) electrons. The molecule has 2 amide bonds. The Bertz CT molecular complexity index is 825. The maximum absolute atomic E-state index is 12.6. The van der Waals surface area contributed by atoms with Crippen LogP contribution in [0.4, 0.5) is 5.69 Å². The summed E-state index contributed by atoms with van der Waals surface area (Å²) >= 11 is 0. The van der Waals surface area contributed by atoms with E-state index in [4.69, 9.17) is 9.47 Å². The number of likely N-dealkylation sites (tertiary alicyclic amines) is 1. The molecular formula is C19H19N3O4. The summed E-state index contributed by atoms with van der Waals surface area (Å²) in [4.78, 5) is 30.5. The van der Waals surface area contributed by atoms with Crippen molar-refractivity contribution in [3.63, 3.8) is 0 Å². The number of amides is 2. The van der Waals surface area contributed by atoms with Crippen molar-refractivity contribution in [2.45, 2.75) is 13.0 Å². The number of nitrogens with one attached hydrogen (secondary N) is 1. The molecule has 2 aliphatic heterocycles. The summed E-state index contributed by atoms with van der Waals surface area (Å²) in [7, 11) is 0. The van der Waals surface area contributed by atoms with Crippen molar-refractivity contribution in [2.24, 2.45) is 5.92 Å². The predicted molar refractivity (Wildman–Crippen MR) is 93.8 cm³/mol. The molecule has 1 unspecified atom stereocenters. The van der Waals surface area contributed by atoms with Gasteiger partial charge in [0.2, 0.25) is 11.8 Å². The molecular weight excluding hydrogens is 334 g/mol. The number of anilines is 1. The van der Waals surface area contributed by atoms with E-state index >= 15 is 0 Å². The highest BCUT2D eigenvalue weighted by Gasteiger charge is 2.34. The molecule has 7 heteroatoms. The van der Waals surface area contributed by atoms with E-state index in [0.717, 1.165) is 5.56 Å². The minimum Gasteiger partial charge on any atom is -0.486 e. The Morgan fingerprint density at radius 2 is 2.08 bits per heavy atom. The number of rotatable bonds is 4. The smallest absolute Gasteiger partial charge is 0.229 e. The summed E-state index contributed by atoms with van der Waals surface area (Å²) < 4.78 is 11.0. The van der Waals surface area contributed by atoms with E-state index in [1.165, 1.54) is 0 Å². The zero-order chi connectivity index (χ0) is 17.9. The fourth-order valence-corrected chi connectivity index (χ4v) is 3.18. The van der Waals surface area contributed by atoms with E-state index in [2.05, 4.69) is 10.3 Å². The average Bonchev–Trinajstić information content (AvgIpc) is 3.03. The van der Waals surface area contributed by atoms with Gasteiger partial charge in [-0.1, -0.05) is 6.07 Å². The monoisotopic (exact) mass is 353 g/mol. The molecule has 26 heavy (non-hydrogen) atoms. The van der Waals surface area contributed by atoms with Crippen molar-refractivity contribution in [2.75, 3.05) is 25.1 Å². The standard InChI is InChI=1S/C19H19N3O4/c23-18-8-14(12-22(18)11-13-2-1-5-20-10-13)19(24)21-15-3-4-16-17(9-15)26-7-6-25-16/h1-5,9-10,14H,6-8,11-12H2,(H,21,24). The number of fused-ring (bicyclic) bond motifs is 1. The summed E-state index contributed by atoms with van der Waals surface area (Å²) in [5.41, 5.74) is 1.59. The van der Waals surface area contributed by atoms with Gasteiger partial charge in [-0.25, -0.2) is 0 Å². The van der Waals surface area contributed by atoms with Gasteiger partial charge in [0.25, 0.3) is 0 Å². The van der Waals surface area contributed by atoms with Crippen molar-refractivity contribution in [1.82, 2.24) is 9.88 Å². The van der Waals surface area contributed by atoms with Crippen molar-refractivity contribution in [1.29, 1.82) is 0 Å². The van der Waals surface area contributed by atoms with Crippen LogP contribution in [0.2, 0.25) is 0 Å². The lowest BCUT2D eigenvalue weighted by Crippen LogP contribution is -2.28. The first kappa shape index (κ1) is 16.4. The molecule has 0 aliphatic carbocycles. The van der Waals surface area contributed by atoms with Crippen LogP contribution in [-0.4, -0.2) is 41.5 Å². The molecule has 2 aliphatic rings. The van der Waals surface area contributed by atoms with Gasteiger partial charge in [-0.15, -0.1) is 0 Å². The number of ether oxygens (including phenoxy) is 2. The summed E-state index contributed by atoms with van der Waals surface area (Å²) in [6, 6.07) is 9.05. The van der Waals surface area contributed by atoms with E-state index in [-0.39, 0.29) is 24.2 Å². The molecule has 1 aromatic heterocycles. The van der Waals surface area contributed by atoms with Gasteiger partial charge in [0.15, 0.2) is 11.5 Å².